The maximum atomic E-state index is 14.1. The first-order valence-corrected chi connectivity index (χ1v) is 51.5. The number of phenolic OH excluding ortho intramolecular Hbond substituents is 1. The number of hydrogen-bond acceptors (Lipinski definition) is 19. The number of esters is 2. The first-order valence-electron chi connectivity index (χ1n) is 45.9. The van der Waals surface area contributed by atoms with Crippen LogP contribution in [0.5, 0.6) is 80.5 Å². The molecule has 0 aromatic heterocycles. The summed E-state index contributed by atoms with van der Waals surface area (Å²) in [7, 11) is 6.35. The number of carboxylic acid groups (broad SMARTS) is 1. The first kappa shape index (κ1) is 106. The number of carbonyl (C=O) groups is 5. The fourth-order valence-corrected chi connectivity index (χ4v) is 17.8. The molecule has 4 atom stereocenters. The molecule has 0 heterocycles. The van der Waals surface area contributed by atoms with Crippen LogP contribution in [0.15, 0.2) is 322 Å². The molecule has 2 N–H and O–H groups in total. The lowest BCUT2D eigenvalue weighted by Gasteiger charge is -2.27. The topological polar surface area (TPSA) is 246 Å². The molecule has 0 fully saturated rings. The molecule has 730 valence electrons. The van der Waals surface area contributed by atoms with Gasteiger partial charge in [0, 0.05) is 37.9 Å². The van der Waals surface area contributed by atoms with Crippen LogP contribution in [0, 0.1) is 0 Å². The highest BCUT2D eigenvalue weighted by Gasteiger charge is 2.34. The van der Waals surface area contributed by atoms with Gasteiger partial charge in [-0.05, 0) is 274 Å². The van der Waals surface area contributed by atoms with E-state index in [9.17, 15) is 34.2 Å². The summed E-state index contributed by atoms with van der Waals surface area (Å²) in [5, 5.41) is 20.4. The summed E-state index contributed by atoms with van der Waals surface area (Å²) in [5.41, 5.74) is 11.5. The van der Waals surface area contributed by atoms with E-state index in [4.69, 9.17) is 60.7 Å². The smallest absolute Gasteiger partial charge is 0.507 e. The zero-order valence-electron chi connectivity index (χ0n) is 83.3. The summed E-state index contributed by atoms with van der Waals surface area (Å²) in [5.74, 6) is 4.19. The molecule has 20 nitrogen and oxygen atoms in total. The van der Waals surface area contributed by atoms with Gasteiger partial charge in [0.25, 0.3) is 0 Å². The Labute approximate surface area is 834 Å². The maximum Gasteiger partial charge on any atom is 0.519 e. The van der Waals surface area contributed by atoms with Gasteiger partial charge in [-0.3, -0.25) is 0 Å². The van der Waals surface area contributed by atoms with Gasteiger partial charge in [-0.15, -0.1) is 0 Å². The summed E-state index contributed by atoms with van der Waals surface area (Å²) in [6, 6.07) is 99.8. The van der Waals surface area contributed by atoms with E-state index in [-0.39, 0.29) is 61.3 Å². The number of carbonyl (C=O) groups excluding carboxylic acids is 4. The average molecular weight is 1970 g/mol. The molecule has 14 rings (SSSR count). The Bertz CT molecular complexity index is 6610. The van der Waals surface area contributed by atoms with Crippen molar-refractivity contribution in [2.24, 2.45) is 0 Å². The molecule has 0 aliphatic rings. The molecule has 0 aliphatic heterocycles. The normalized spacial score (nSPS) is 12.0. The zero-order chi connectivity index (χ0) is 102. The summed E-state index contributed by atoms with van der Waals surface area (Å²) in [6.07, 6.45) is -2.02. The van der Waals surface area contributed by atoms with E-state index in [1.54, 1.807) is 100 Å². The van der Waals surface area contributed by atoms with Crippen LogP contribution in [0.1, 0.15) is 206 Å². The van der Waals surface area contributed by atoms with Crippen molar-refractivity contribution in [3.63, 3.8) is 0 Å². The van der Waals surface area contributed by atoms with E-state index >= 15 is 0 Å². The van der Waals surface area contributed by atoms with Gasteiger partial charge in [0.1, 0.15) is 97.2 Å². The maximum absolute atomic E-state index is 14.1. The number of ether oxygens (including phenoxy) is 9. The van der Waals surface area contributed by atoms with Crippen molar-refractivity contribution in [2.75, 3.05) is 48.0 Å². The van der Waals surface area contributed by atoms with Crippen molar-refractivity contribution in [1.82, 2.24) is 0 Å². The van der Waals surface area contributed by atoms with Crippen LogP contribution < -0.4 is 60.7 Å². The molecule has 0 spiro atoms. The highest BCUT2D eigenvalue weighted by atomic mass is 31.1. The molecule has 0 radical (unpaired) electrons. The van der Waals surface area contributed by atoms with E-state index < -0.39 is 46.5 Å². The quantitative estimate of drug-likeness (QED) is 0.0165. The van der Waals surface area contributed by atoms with Gasteiger partial charge >= 0.3 is 30.2 Å². The molecule has 0 amide bonds. The van der Waals surface area contributed by atoms with Crippen molar-refractivity contribution < 1.29 is 94.9 Å². The van der Waals surface area contributed by atoms with E-state index in [1.807, 2.05) is 247 Å². The fraction of sp³-hybridized carbons (Fsp3) is 0.239. The van der Waals surface area contributed by atoms with Gasteiger partial charge in [-0.1, -0.05) is 249 Å². The number of benzene rings is 14. The Kier molecular flexibility index (Phi) is 35.0. The summed E-state index contributed by atoms with van der Waals surface area (Å²) < 4.78 is 72.1. The van der Waals surface area contributed by atoms with Gasteiger partial charge in [-0.25, -0.2) is 24.0 Å². The Morgan fingerprint density at radius 2 is 0.390 bits per heavy atom. The molecule has 24 heteroatoms. The number of phenols is 1. The standard InChI is InChI=1S/C50H52O8P2.C34H35O7P.C33H35O5P/c1-48(2,33-10-21-39(53-7)22-11-33)35-14-25-41(26-15-35)55-47(52)56-45-31-20-38(50(5,6)37-18-29-43(30-19-37)58-60-9)32-44(45)46(51)54-40-23-12-34(13-24-40)49(3,4)36-16-27-42(28-17-36)57-59-8;1-33(2,22-7-14-26(38-5)15-8-22)23-9-16-27(17-10-23)39-32(37)40-30-20-13-25(21-29(30)31(35)36)34(3,4)24-11-18-28(19-12-24)41-42-6;1-32(2,22-7-14-26(36-5)15-8-22)23-9-16-27(17-10-23)37-31(35)29-21-25(13-20-30(29)34)33(3,4)24-11-18-28(19-12-24)38-39-6/h10-32,59-60H,1-9H3;7-21,42H,1-6H3,(H,35,36);7-21,34,39H,1-6H3. The van der Waals surface area contributed by atoms with Crippen LogP contribution in [0.2, 0.25) is 0 Å². The van der Waals surface area contributed by atoms with Gasteiger partial charge in [-0.2, -0.15) is 0 Å². The third-order valence-electron chi connectivity index (χ3n) is 25.9. The minimum absolute atomic E-state index is 0.00304. The predicted octanol–water partition coefficient (Wildman–Crippen LogP) is 28.8. The second-order valence-electron chi connectivity index (χ2n) is 37.1. The van der Waals surface area contributed by atoms with Gasteiger partial charge in [0.05, 0.1) is 56.6 Å². The molecule has 4 unspecified atom stereocenters. The number of hydrogen-bond donors (Lipinski definition) is 2. The van der Waals surface area contributed by atoms with Crippen molar-refractivity contribution in [3.8, 4) is 80.5 Å². The second-order valence-corrected chi connectivity index (χ2v) is 39.6. The van der Waals surface area contributed by atoms with E-state index in [2.05, 4.69) is 107 Å². The third kappa shape index (κ3) is 26.1. The molecule has 14 aromatic carbocycles. The monoisotopic (exact) mass is 1970 g/mol. The van der Waals surface area contributed by atoms with Crippen molar-refractivity contribution in [1.29, 1.82) is 0 Å². The molecule has 0 bridgehead atoms. The number of aromatic hydroxyl groups is 1. The van der Waals surface area contributed by atoms with Crippen LogP contribution in [-0.2, 0) is 37.9 Å². The first-order chi connectivity index (χ1) is 67.2. The second kappa shape index (κ2) is 46.5. The Balaban J connectivity index is 0.000000195. The molecule has 0 saturated heterocycles. The SMILES string of the molecule is COc1ccc(C(C)(C)c2ccc(OC(=O)Oc3ccc(C(C)(C)c4ccc(OPC)cc4)cc3C(=O)O)cc2)cc1.COc1ccc(C(C)(C)c2ccc(OC(=O)Oc3ccc(C(C)(C)c4ccc(OPC)cc4)cc3C(=O)Oc3ccc(C(C)(C)c4ccc(OPC)cc4)cc3)cc2)cc1.COc1ccc(C(C)(C)c2ccc(OC(=O)c3cc(C(C)(C)c4ccc(OPC)cc4)ccc3O)cc2)cc1. The number of rotatable bonds is 34. The van der Waals surface area contributed by atoms with E-state index in [1.165, 1.54) is 12.1 Å². The van der Waals surface area contributed by atoms with Gasteiger partial charge < -0.3 is 70.9 Å². The van der Waals surface area contributed by atoms with Crippen LogP contribution in [0.25, 0.3) is 0 Å². The van der Waals surface area contributed by atoms with Crippen LogP contribution in [0.3, 0.4) is 0 Å². The lowest BCUT2D eigenvalue weighted by Crippen LogP contribution is -2.22. The predicted molar refractivity (Wildman–Crippen MR) is 566 cm³/mol. The molecule has 0 aliphatic carbocycles. The number of methoxy groups -OCH3 is 3. The largest absolute Gasteiger partial charge is 0.519 e. The number of aromatic carboxylic acids is 1. The minimum atomic E-state index is -1.21. The lowest BCUT2D eigenvalue weighted by molar-refractivity contribution is 0.0688. The van der Waals surface area contributed by atoms with Crippen molar-refractivity contribution in [2.45, 2.75) is 135 Å². The zero-order valence-corrected chi connectivity index (χ0v) is 87.3. The molecule has 14 aromatic rings. The molecule has 0 saturated carbocycles. The molecular formula is C117H122O20P4. The Morgan fingerprint density at radius 1 is 0.213 bits per heavy atom. The van der Waals surface area contributed by atoms with Crippen molar-refractivity contribution in [3.05, 3.63) is 416 Å². The lowest BCUT2D eigenvalue weighted by atomic mass is 9.77. The molecular weight excluding hydrogens is 1850 g/mol. The number of carboxylic acids is 1. The molecule has 141 heavy (non-hydrogen) atoms. The highest BCUT2D eigenvalue weighted by molar-refractivity contribution is 7.32. The summed E-state index contributed by atoms with van der Waals surface area (Å²) in [6.45, 7) is 37.2. The van der Waals surface area contributed by atoms with E-state index in [0.717, 1.165) is 118 Å². The Morgan fingerprint density at radius 3 is 0.617 bits per heavy atom. The summed E-state index contributed by atoms with van der Waals surface area (Å²) >= 11 is 0. The van der Waals surface area contributed by atoms with Crippen LogP contribution in [0.4, 0.5) is 9.59 Å². The average Bonchev–Trinajstić information content (AvgIpc) is 0.791. The van der Waals surface area contributed by atoms with Gasteiger partial charge in [0.15, 0.2) is 0 Å². The Hall–Kier alpha value is -13.9. The van der Waals surface area contributed by atoms with E-state index in [0.29, 0.717) is 52.5 Å². The fourth-order valence-electron chi connectivity index (χ4n) is 16.3. The van der Waals surface area contributed by atoms with Crippen LogP contribution >= 0.6 is 35.2 Å². The summed E-state index contributed by atoms with van der Waals surface area (Å²) in [4.78, 5) is 65.3. The third-order valence-corrected chi connectivity index (χ3v) is 27.7. The van der Waals surface area contributed by atoms with Crippen LogP contribution in [-0.4, -0.2) is 88.4 Å². The van der Waals surface area contributed by atoms with Crippen molar-refractivity contribution >= 4 is 65.4 Å². The minimum Gasteiger partial charge on any atom is -0.507 e. The van der Waals surface area contributed by atoms with Gasteiger partial charge in [0.2, 0.25) is 0 Å². The highest BCUT2D eigenvalue weighted by Crippen LogP contribution is 2.44.